The molecule has 0 radical (unpaired) electrons. The van der Waals surface area contributed by atoms with Crippen molar-refractivity contribution in [2.24, 2.45) is 17.3 Å². The van der Waals surface area contributed by atoms with Crippen molar-refractivity contribution in [1.29, 1.82) is 0 Å². The van der Waals surface area contributed by atoms with Crippen molar-refractivity contribution in [1.82, 2.24) is 0 Å². The molecule has 1 N–H and O–H groups in total. The van der Waals surface area contributed by atoms with Gasteiger partial charge in [0.25, 0.3) is 0 Å². The number of carbonyl (C=O) groups excluding carboxylic acids is 1. The van der Waals surface area contributed by atoms with Gasteiger partial charge in [0.05, 0.1) is 0 Å². The normalized spacial score (nSPS) is 37.7. The lowest BCUT2D eigenvalue weighted by molar-refractivity contribution is -0.114. The number of benzene rings is 1. The number of rotatable bonds is 5. The van der Waals surface area contributed by atoms with E-state index in [4.69, 9.17) is 0 Å². The molecule has 1 aromatic carbocycles. The first-order chi connectivity index (χ1) is 15.9. The molecule has 5 atom stereocenters. The van der Waals surface area contributed by atoms with Crippen LogP contribution in [-0.2, 0) is 4.79 Å². The van der Waals surface area contributed by atoms with E-state index in [1.54, 1.807) is 5.57 Å². The fourth-order valence-corrected chi connectivity index (χ4v) is 8.03. The minimum Gasteiger partial charge on any atom is -0.351 e. The van der Waals surface area contributed by atoms with Crippen LogP contribution in [0.15, 0.2) is 59.7 Å². The van der Waals surface area contributed by atoms with E-state index < -0.39 is 5.60 Å². The third kappa shape index (κ3) is 3.32. The van der Waals surface area contributed by atoms with Crippen molar-refractivity contribution in [3.05, 3.63) is 77.3 Å². The highest BCUT2D eigenvalue weighted by Crippen LogP contribution is 2.67. The van der Waals surface area contributed by atoms with Crippen LogP contribution in [0.3, 0.4) is 0 Å². The molecule has 6 rings (SSSR count). The summed E-state index contributed by atoms with van der Waals surface area (Å²) in [7, 11) is 0. The van der Waals surface area contributed by atoms with Gasteiger partial charge in [0.2, 0.25) is 5.60 Å². The van der Waals surface area contributed by atoms with E-state index in [9.17, 15) is 9.90 Å². The Morgan fingerprint density at radius 2 is 1.85 bits per heavy atom. The molecule has 3 fully saturated rings. The van der Waals surface area contributed by atoms with E-state index in [1.165, 1.54) is 35.1 Å². The Balaban J connectivity index is 1.46. The molecule has 0 spiro atoms. The first kappa shape index (κ1) is 21.5. The molecule has 2 heteroatoms. The molecule has 0 saturated heterocycles. The number of hydrogen-bond donors (Lipinski definition) is 1. The summed E-state index contributed by atoms with van der Waals surface area (Å²) in [5.74, 6) is 2.42. The molecular formula is C31H37O2+. The maximum absolute atomic E-state index is 12.2. The van der Waals surface area contributed by atoms with E-state index in [-0.39, 0.29) is 5.41 Å². The molecule has 1 aromatic rings. The van der Waals surface area contributed by atoms with Crippen molar-refractivity contribution < 1.29 is 9.90 Å². The Labute approximate surface area is 198 Å². The summed E-state index contributed by atoms with van der Waals surface area (Å²) in [5.41, 5.74) is 6.46. The topological polar surface area (TPSA) is 37.3 Å². The molecule has 0 aliphatic heterocycles. The number of aliphatic hydroxyl groups is 1. The van der Waals surface area contributed by atoms with Crippen LogP contribution in [0.5, 0.6) is 0 Å². The monoisotopic (exact) mass is 441 g/mol. The van der Waals surface area contributed by atoms with E-state index >= 15 is 0 Å². The SMILES string of the molecule is C=CC[CH+]C1(O)CCC2C3CCC4=CC(=O)CCC4=C3C(c3ccc(C4CC4)cc3)CC21C. The molecule has 0 heterocycles. The molecule has 5 unspecified atom stereocenters. The van der Waals surface area contributed by atoms with Gasteiger partial charge >= 0.3 is 0 Å². The van der Waals surface area contributed by atoms with E-state index in [2.05, 4.69) is 44.2 Å². The lowest BCUT2D eigenvalue weighted by atomic mass is 9.51. The van der Waals surface area contributed by atoms with Crippen molar-refractivity contribution in [2.45, 2.75) is 88.6 Å². The van der Waals surface area contributed by atoms with Gasteiger partial charge in [-0.15, -0.1) is 0 Å². The van der Waals surface area contributed by atoms with Crippen LogP contribution in [0.4, 0.5) is 0 Å². The van der Waals surface area contributed by atoms with Crippen molar-refractivity contribution in [3.8, 4) is 0 Å². The highest BCUT2D eigenvalue weighted by Gasteiger charge is 2.66. The zero-order chi connectivity index (χ0) is 22.8. The zero-order valence-corrected chi connectivity index (χ0v) is 20.0. The van der Waals surface area contributed by atoms with Gasteiger partial charge < -0.3 is 5.11 Å². The molecule has 2 nitrogen and oxygen atoms in total. The van der Waals surface area contributed by atoms with Gasteiger partial charge in [-0.2, -0.15) is 0 Å². The lowest BCUT2D eigenvalue weighted by Crippen LogP contribution is -2.51. The summed E-state index contributed by atoms with van der Waals surface area (Å²) in [6, 6.07) is 9.47. The number of carbonyl (C=O) groups is 1. The molecule has 33 heavy (non-hydrogen) atoms. The molecule has 0 amide bonds. The lowest BCUT2D eigenvalue weighted by Gasteiger charge is -2.52. The van der Waals surface area contributed by atoms with Gasteiger partial charge in [0.1, 0.15) is 12.8 Å². The predicted octanol–water partition coefficient (Wildman–Crippen LogP) is 6.97. The standard InChI is InChI=1S/C31H37O2/c1-3-4-16-31(33)17-15-28-26-13-11-23-18-24(32)12-14-25(23)29(26)27(19-30(28,31)2)22-9-7-21(8-10-22)20-5-6-20/h3,7-10,16,18,20,26-28,33H,1,4-6,11-15,17,19H2,2H3/q+1. The van der Waals surface area contributed by atoms with E-state index in [1.807, 2.05) is 12.2 Å². The molecular weight excluding hydrogens is 404 g/mol. The fourth-order valence-electron chi connectivity index (χ4n) is 8.03. The van der Waals surface area contributed by atoms with E-state index in [0.717, 1.165) is 50.9 Å². The summed E-state index contributed by atoms with van der Waals surface area (Å²) >= 11 is 0. The van der Waals surface area contributed by atoms with Crippen LogP contribution >= 0.6 is 0 Å². The highest BCUT2D eigenvalue weighted by molar-refractivity contribution is 5.93. The minimum atomic E-state index is -0.729. The summed E-state index contributed by atoms with van der Waals surface area (Å²) in [6.07, 6.45) is 16.1. The second kappa shape index (κ2) is 7.73. The average Bonchev–Trinajstić information content (AvgIpc) is 3.63. The molecule has 5 aliphatic rings. The van der Waals surface area contributed by atoms with Gasteiger partial charge in [-0.1, -0.05) is 43.3 Å². The van der Waals surface area contributed by atoms with Crippen molar-refractivity contribution in [3.63, 3.8) is 0 Å². The molecule has 5 aliphatic carbocycles. The number of fused-ring (bicyclic) bond motifs is 4. The van der Waals surface area contributed by atoms with E-state index in [0.29, 0.717) is 30.0 Å². The zero-order valence-electron chi connectivity index (χ0n) is 20.0. The van der Waals surface area contributed by atoms with Crippen molar-refractivity contribution >= 4 is 5.78 Å². The summed E-state index contributed by atoms with van der Waals surface area (Å²) in [4.78, 5) is 12.2. The Hall–Kier alpha value is -2.06. The van der Waals surface area contributed by atoms with Gasteiger partial charge in [-0.05, 0) is 97.1 Å². The van der Waals surface area contributed by atoms with Crippen molar-refractivity contribution in [2.75, 3.05) is 0 Å². The Kier molecular flexibility index (Phi) is 5.03. The van der Waals surface area contributed by atoms with Crippen LogP contribution < -0.4 is 0 Å². The Bertz CT molecular complexity index is 1040. The summed E-state index contributed by atoms with van der Waals surface area (Å²) in [5, 5.41) is 11.9. The van der Waals surface area contributed by atoms with Crippen LogP contribution in [0.25, 0.3) is 0 Å². The van der Waals surface area contributed by atoms with Crippen LogP contribution in [0, 0.1) is 23.7 Å². The predicted molar refractivity (Wildman–Crippen MR) is 133 cm³/mol. The Morgan fingerprint density at radius 1 is 1.09 bits per heavy atom. The minimum absolute atomic E-state index is 0.129. The van der Waals surface area contributed by atoms with Gasteiger partial charge in [-0.3, -0.25) is 4.79 Å². The van der Waals surface area contributed by atoms with Gasteiger partial charge in [0, 0.05) is 24.2 Å². The Morgan fingerprint density at radius 3 is 2.58 bits per heavy atom. The molecule has 0 bridgehead atoms. The van der Waals surface area contributed by atoms with Gasteiger partial charge in [-0.25, -0.2) is 0 Å². The average molecular weight is 442 g/mol. The first-order valence-electron chi connectivity index (χ1n) is 13.2. The smallest absolute Gasteiger partial charge is 0.210 e. The third-order valence-electron chi connectivity index (χ3n) is 9.96. The summed E-state index contributed by atoms with van der Waals surface area (Å²) < 4.78 is 0. The second-order valence-corrected chi connectivity index (χ2v) is 11.6. The molecule has 0 aromatic heterocycles. The second-order valence-electron chi connectivity index (χ2n) is 11.6. The van der Waals surface area contributed by atoms with Crippen LogP contribution in [-0.4, -0.2) is 16.5 Å². The maximum Gasteiger partial charge on any atom is 0.210 e. The number of allylic oxidation sites excluding steroid dienone is 5. The largest absolute Gasteiger partial charge is 0.351 e. The fraction of sp³-hybridized carbons (Fsp3) is 0.548. The van der Waals surface area contributed by atoms with Crippen LogP contribution in [0.1, 0.15) is 94.1 Å². The maximum atomic E-state index is 12.2. The third-order valence-corrected chi connectivity index (χ3v) is 9.96. The summed E-state index contributed by atoms with van der Waals surface area (Å²) in [6.45, 7) is 6.27. The number of hydrogen-bond acceptors (Lipinski definition) is 2. The quantitative estimate of drug-likeness (QED) is 0.395. The van der Waals surface area contributed by atoms with Crippen LogP contribution in [0.2, 0.25) is 0 Å². The number of ketones is 1. The van der Waals surface area contributed by atoms with Gasteiger partial charge in [0.15, 0.2) is 5.78 Å². The molecule has 3 saturated carbocycles. The first-order valence-corrected chi connectivity index (χ1v) is 13.2. The highest BCUT2D eigenvalue weighted by atomic mass is 16.3. The molecule has 172 valence electrons.